The monoisotopic (exact) mass is 1140 g/mol. The van der Waals surface area contributed by atoms with E-state index in [4.69, 9.17) is 14.2 Å². The van der Waals surface area contributed by atoms with Crippen molar-refractivity contribution >= 4 is 17.9 Å². The molecule has 0 amide bonds. The summed E-state index contributed by atoms with van der Waals surface area (Å²) in [6, 6.07) is 0. The second-order valence-electron chi connectivity index (χ2n) is 25.6. The van der Waals surface area contributed by atoms with Crippen LogP contribution in [0.4, 0.5) is 0 Å². The summed E-state index contributed by atoms with van der Waals surface area (Å²) in [5, 5.41) is 0. The zero-order chi connectivity index (χ0) is 58.5. The molecule has 0 heterocycles. The second-order valence-corrected chi connectivity index (χ2v) is 25.6. The van der Waals surface area contributed by atoms with Crippen molar-refractivity contribution in [2.75, 3.05) is 13.2 Å². The first-order chi connectivity index (χ1) is 40.0. The van der Waals surface area contributed by atoms with Crippen molar-refractivity contribution in [1.29, 1.82) is 0 Å². The first kappa shape index (κ1) is 79.2. The van der Waals surface area contributed by atoms with Crippen molar-refractivity contribution in [2.24, 2.45) is 0 Å². The second kappa shape index (κ2) is 70.6. The molecule has 0 aromatic heterocycles. The van der Waals surface area contributed by atoms with Crippen LogP contribution < -0.4 is 0 Å². The van der Waals surface area contributed by atoms with Gasteiger partial charge in [0, 0.05) is 19.3 Å². The fraction of sp³-hybridized carbons (Fsp3) is 0.933. The number of unbranched alkanes of at least 4 members (excludes halogenated alkanes) is 57. The van der Waals surface area contributed by atoms with Gasteiger partial charge < -0.3 is 14.2 Å². The van der Waals surface area contributed by atoms with Crippen LogP contribution in [0.5, 0.6) is 0 Å². The summed E-state index contributed by atoms with van der Waals surface area (Å²) in [6.07, 6.45) is 85.5. The van der Waals surface area contributed by atoms with Crippen LogP contribution >= 0.6 is 0 Å². The van der Waals surface area contributed by atoms with E-state index in [1.807, 2.05) is 0 Å². The van der Waals surface area contributed by atoms with Gasteiger partial charge in [-0.2, -0.15) is 0 Å². The maximum Gasteiger partial charge on any atom is 0.306 e. The Morgan fingerprint density at radius 1 is 0.235 bits per heavy atom. The molecular formula is C75H144O6. The number of hydrogen-bond donors (Lipinski definition) is 0. The Balaban J connectivity index is 4.16. The SMILES string of the molecule is CCCCCCC/C=C\CCCCCCCC(=O)OCC(COC(=O)CCCCCCCCCCCCCCCCCCCCCCCCCCCCCCC)OC(=O)CCCCCCCCCCCCCCCCCCCCCC. The smallest absolute Gasteiger partial charge is 0.306 e. The average molecular weight is 1140 g/mol. The molecule has 0 saturated carbocycles. The van der Waals surface area contributed by atoms with E-state index in [0.29, 0.717) is 19.3 Å². The maximum absolute atomic E-state index is 13.0. The van der Waals surface area contributed by atoms with Crippen molar-refractivity contribution in [1.82, 2.24) is 0 Å². The standard InChI is InChI=1S/C75H144O6/c1-4-7-10-13-16-19-22-25-28-30-32-34-35-36-37-38-39-40-41-42-44-45-47-50-53-56-59-62-65-68-74(77)80-71-72(70-79-73(76)67-64-61-58-55-52-49-27-24-21-18-15-12-9-6-3)81-75(78)69-66-63-60-57-54-51-48-46-43-33-31-29-26-23-20-17-14-11-8-5-2/h24,27,72H,4-23,25-26,28-71H2,1-3H3/b27-24-. The zero-order valence-electron chi connectivity index (χ0n) is 55.4. The summed E-state index contributed by atoms with van der Waals surface area (Å²) in [7, 11) is 0. The Morgan fingerprint density at radius 3 is 0.617 bits per heavy atom. The van der Waals surface area contributed by atoms with Crippen molar-refractivity contribution in [3.63, 3.8) is 0 Å². The lowest BCUT2D eigenvalue weighted by Gasteiger charge is -2.18. The van der Waals surface area contributed by atoms with E-state index >= 15 is 0 Å². The molecule has 0 aromatic carbocycles. The largest absolute Gasteiger partial charge is 0.462 e. The third-order valence-electron chi connectivity index (χ3n) is 17.3. The molecule has 0 aliphatic rings. The average Bonchev–Trinajstić information content (AvgIpc) is 3.47. The lowest BCUT2D eigenvalue weighted by molar-refractivity contribution is -0.167. The lowest BCUT2D eigenvalue weighted by atomic mass is 10.0. The van der Waals surface area contributed by atoms with Crippen LogP contribution in [0.3, 0.4) is 0 Å². The summed E-state index contributed by atoms with van der Waals surface area (Å²) in [4.78, 5) is 38.5. The highest BCUT2D eigenvalue weighted by atomic mass is 16.6. The van der Waals surface area contributed by atoms with E-state index < -0.39 is 6.10 Å². The number of carbonyl (C=O) groups excluding carboxylic acids is 3. The van der Waals surface area contributed by atoms with Gasteiger partial charge in [-0.15, -0.1) is 0 Å². The van der Waals surface area contributed by atoms with Crippen molar-refractivity contribution in [3.8, 4) is 0 Å². The number of hydrogen-bond acceptors (Lipinski definition) is 6. The normalized spacial score (nSPS) is 12.0. The molecule has 0 N–H and O–H groups in total. The molecule has 1 atom stereocenters. The third-order valence-corrected chi connectivity index (χ3v) is 17.3. The van der Waals surface area contributed by atoms with Crippen LogP contribution in [-0.2, 0) is 28.6 Å². The number of ether oxygens (including phenoxy) is 3. The molecule has 0 rings (SSSR count). The van der Waals surface area contributed by atoms with E-state index in [2.05, 4.69) is 32.9 Å². The first-order valence-corrected chi connectivity index (χ1v) is 37.2. The maximum atomic E-state index is 13.0. The minimum Gasteiger partial charge on any atom is -0.462 e. The minimum absolute atomic E-state index is 0.0655. The highest BCUT2D eigenvalue weighted by Crippen LogP contribution is 2.20. The van der Waals surface area contributed by atoms with Crippen LogP contribution in [0.15, 0.2) is 12.2 Å². The zero-order valence-corrected chi connectivity index (χ0v) is 55.4. The Morgan fingerprint density at radius 2 is 0.407 bits per heavy atom. The fourth-order valence-corrected chi connectivity index (χ4v) is 11.7. The van der Waals surface area contributed by atoms with Gasteiger partial charge in [-0.1, -0.05) is 380 Å². The topological polar surface area (TPSA) is 78.9 Å². The Hall–Kier alpha value is -1.85. The van der Waals surface area contributed by atoms with Crippen LogP contribution in [0.1, 0.15) is 432 Å². The predicted octanol–water partition coefficient (Wildman–Crippen LogP) is 25.6. The molecule has 0 saturated heterocycles. The van der Waals surface area contributed by atoms with Crippen LogP contribution in [0, 0.1) is 0 Å². The molecule has 81 heavy (non-hydrogen) atoms. The number of rotatable bonds is 70. The van der Waals surface area contributed by atoms with Crippen molar-refractivity contribution < 1.29 is 28.6 Å². The summed E-state index contributed by atoms with van der Waals surface area (Å²) in [5.41, 5.74) is 0. The van der Waals surface area contributed by atoms with Gasteiger partial charge in [-0.25, -0.2) is 0 Å². The van der Waals surface area contributed by atoms with Gasteiger partial charge in [0.05, 0.1) is 0 Å². The molecule has 0 spiro atoms. The molecule has 0 aliphatic carbocycles. The van der Waals surface area contributed by atoms with Gasteiger partial charge >= 0.3 is 17.9 Å². The third kappa shape index (κ3) is 68.8. The van der Waals surface area contributed by atoms with Crippen LogP contribution in [-0.4, -0.2) is 37.2 Å². The summed E-state index contributed by atoms with van der Waals surface area (Å²) >= 11 is 0. The van der Waals surface area contributed by atoms with Gasteiger partial charge in [0.25, 0.3) is 0 Å². The number of esters is 3. The Bertz CT molecular complexity index is 1260. The lowest BCUT2D eigenvalue weighted by Crippen LogP contribution is -2.30. The molecule has 0 fully saturated rings. The Labute approximate surface area is 507 Å². The van der Waals surface area contributed by atoms with Gasteiger partial charge in [0.1, 0.15) is 13.2 Å². The van der Waals surface area contributed by atoms with E-state index in [-0.39, 0.29) is 31.1 Å². The molecule has 0 bridgehead atoms. The molecule has 1 unspecified atom stereocenters. The Kier molecular flexibility index (Phi) is 69.0. The van der Waals surface area contributed by atoms with E-state index in [1.54, 1.807) is 0 Å². The van der Waals surface area contributed by atoms with Crippen LogP contribution in [0.25, 0.3) is 0 Å². The van der Waals surface area contributed by atoms with Crippen molar-refractivity contribution in [2.45, 2.75) is 438 Å². The molecule has 480 valence electrons. The first-order valence-electron chi connectivity index (χ1n) is 37.2. The van der Waals surface area contributed by atoms with E-state index in [1.165, 1.54) is 327 Å². The summed E-state index contributed by atoms with van der Waals surface area (Å²) < 4.78 is 17.0. The molecular weight excluding hydrogens is 997 g/mol. The molecule has 0 radical (unpaired) electrons. The predicted molar refractivity (Wildman–Crippen MR) is 353 cm³/mol. The van der Waals surface area contributed by atoms with E-state index in [0.717, 1.165) is 64.2 Å². The summed E-state index contributed by atoms with van der Waals surface area (Å²) in [5.74, 6) is -0.837. The highest BCUT2D eigenvalue weighted by molar-refractivity contribution is 5.71. The highest BCUT2D eigenvalue weighted by Gasteiger charge is 2.20. The number of allylic oxidation sites excluding steroid dienone is 2. The quantitative estimate of drug-likeness (QED) is 0.0261. The number of carbonyl (C=O) groups is 3. The molecule has 0 aromatic rings. The molecule has 6 nitrogen and oxygen atoms in total. The van der Waals surface area contributed by atoms with Gasteiger partial charge in [-0.05, 0) is 44.9 Å². The van der Waals surface area contributed by atoms with Crippen LogP contribution in [0.2, 0.25) is 0 Å². The minimum atomic E-state index is -0.770. The van der Waals surface area contributed by atoms with Gasteiger partial charge in [0.2, 0.25) is 0 Å². The summed E-state index contributed by atoms with van der Waals surface area (Å²) in [6.45, 7) is 6.72. The van der Waals surface area contributed by atoms with E-state index in [9.17, 15) is 14.4 Å². The molecule has 0 aliphatic heterocycles. The van der Waals surface area contributed by atoms with Gasteiger partial charge in [0.15, 0.2) is 6.10 Å². The fourth-order valence-electron chi connectivity index (χ4n) is 11.7. The van der Waals surface area contributed by atoms with Gasteiger partial charge in [-0.3, -0.25) is 14.4 Å². The van der Waals surface area contributed by atoms with Crippen molar-refractivity contribution in [3.05, 3.63) is 12.2 Å². The molecule has 6 heteroatoms.